The highest BCUT2D eigenvalue weighted by Crippen LogP contribution is 2.48. The van der Waals surface area contributed by atoms with E-state index in [1.165, 1.54) is 0 Å². The van der Waals surface area contributed by atoms with Crippen LogP contribution in [0.25, 0.3) is 0 Å². The number of hydrogen-bond acceptors (Lipinski definition) is 4. The van der Waals surface area contributed by atoms with E-state index >= 15 is 0 Å². The monoisotopic (exact) mass is 415 g/mol. The molecule has 0 heterocycles. The lowest BCUT2D eigenvalue weighted by molar-refractivity contribution is -0.530. The molecule has 0 saturated carbocycles. The van der Waals surface area contributed by atoms with Gasteiger partial charge in [-0.15, -0.1) is 0 Å². The van der Waals surface area contributed by atoms with E-state index in [0.29, 0.717) is 11.5 Å². The minimum Gasteiger partial charge on any atom is -0.493 e. The fourth-order valence-corrected chi connectivity index (χ4v) is 4.61. The van der Waals surface area contributed by atoms with Gasteiger partial charge in [0.1, 0.15) is 0 Å². The summed E-state index contributed by atoms with van der Waals surface area (Å²) in [6, 6.07) is 24.4. The van der Waals surface area contributed by atoms with Gasteiger partial charge in [-0.1, -0.05) is 78.9 Å². The van der Waals surface area contributed by atoms with Crippen LogP contribution in [-0.2, 0) is 0 Å². The molecular weight excluding hydrogens is 390 g/mol. The van der Waals surface area contributed by atoms with E-state index in [1.807, 2.05) is 84.9 Å². The summed E-state index contributed by atoms with van der Waals surface area (Å²) < 4.78 is 10.9. The van der Waals surface area contributed by atoms with Crippen LogP contribution in [0.2, 0.25) is 0 Å². The van der Waals surface area contributed by atoms with Crippen LogP contribution in [-0.4, -0.2) is 25.2 Å². The van der Waals surface area contributed by atoms with Crippen LogP contribution in [0.15, 0.2) is 91.0 Å². The Morgan fingerprint density at radius 3 is 1.81 bits per heavy atom. The van der Waals surface area contributed by atoms with Gasteiger partial charge in [-0.05, 0) is 28.8 Å². The highest BCUT2D eigenvalue weighted by molar-refractivity contribution is 5.47. The van der Waals surface area contributed by atoms with Crippen molar-refractivity contribution in [2.45, 2.75) is 23.8 Å². The van der Waals surface area contributed by atoms with Gasteiger partial charge in [-0.2, -0.15) is 0 Å². The summed E-state index contributed by atoms with van der Waals surface area (Å²) in [5.41, 5.74) is 2.85. The lowest BCUT2D eigenvalue weighted by Gasteiger charge is -2.35. The van der Waals surface area contributed by atoms with E-state index < -0.39 is 6.04 Å². The minimum absolute atomic E-state index is 0.127. The Morgan fingerprint density at radius 2 is 1.26 bits per heavy atom. The maximum absolute atomic E-state index is 12.5. The molecule has 0 unspecified atom stereocenters. The van der Waals surface area contributed by atoms with Crippen molar-refractivity contribution in [1.82, 2.24) is 0 Å². The fourth-order valence-electron chi connectivity index (χ4n) is 4.61. The molecule has 1 aliphatic rings. The van der Waals surface area contributed by atoms with Crippen molar-refractivity contribution >= 4 is 0 Å². The Labute approximate surface area is 182 Å². The Morgan fingerprint density at radius 1 is 0.710 bits per heavy atom. The Balaban J connectivity index is 1.89. The second-order valence-electron chi connectivity index (χ2n) is 7.67. The molecule has 158 valence electrons. The van der Waals surface area contributed by atoms with E-state index in [2.05, 4.69) is 6.08 Å². The quantitative estimate of drug-likeness (QED) is 0.300. The number of nitrogens with zero attached hydrogens (tertiary/aromatic N) is 1. The first-order valence-electron chi connectivity index (χ1n) is 10.3. The number of hydrogen-bond donors (Lipinski definition) is 0. The second-order valence-corrected chi connectivity index (χ2v) is 7.67. The van der Waals surface area contributed by atoms with Gasteiger partial charge in [0.2, 0.25) is 6.04 Å². The van der Waals surface area contributed by atoms with E-state index in [4.69, 9.17) is 9.47 Å². The van der Waals surface area contributed by atoms with E-state index in [0.717, 1.165) is 16.7 Å². The molecule has 31 heavy (non-hydrogen) atoms. The van der Waals surface area contributed by atoms with Gasteiger partial charge < -0.3 is 9.47 Å². The van der Waals surface area contributed by atoms with Crippen LogP contribution < -0.4 is 9.47 Å². The number of methoxy groups -OCH3 is 2. The number of benzene rings is 3. The summed E-state index contributed by atoms with van der Waals surface area (Å²) in [6.07, 6.45) is 4.12. The molecule has 5 nitrogen and oxygen atoms in total. The van der Waals surface area contributed by atoms with Crippen molar-refractivity contribution in [3.63, 3.8) is 0 Å². The first-order chi connectivity index (χ1) is 15.1. The number of rotatable bonds is 6. The summed E-state index contributed by atoms with van der Waals surface area (Å²) in [6.45, 7) is 0. The first kappa shape index (κ1) is 20.7. The molecule has 0 bridgehead atoms. The maximum Gasteiger partial charge on any atom is 0.230 e. The van der Waals surface area contributed by atoms with E-state index in [9.17, 15) is 10.1 Å². The second kappa shape index (κ2) is 9.04. The highest BCUT2D eigenvalue weighted by atomic mass is 16.6. The third-order valence-electron chi connectivity index (χ3n) is 6.05. The summed E-state index contributed by atoms with van der Waals surface area (Å²) in [5, 5.41) is 12.5. The third kappa shape index (κ3) is 4.04. The lowest BCUT2D eigenvalue weighted by atomic mass is 9.68. The van der Waals surface area contributed by atoms with Crippen LogP contribution >= 0.6 is 0 Å². The van der Waals surface area contributed by atoms with Crippen LogP contribution in [0.1, 0.15) is 34.4 Å². The van der Waals surface area contributed by atoms with Crippen LogP contribution in [0.3, 0.4) is 0 Å². The molecule has 0 saturated heterocycles. The topological polar surface area (TPSA) is 61.6 Å². The number of nitro groups is 1. The van der Waals surface area contributed by atoms with Crippen molar-refractivity contribution in [2.24, 2.45) is 0 Å². The van der Waals surface area contributed by atoms with Gasteiger partial charge >= 0.3 is 0 Å². The SMILES string of the molecule is COc1ccc([C@@H]2[C@@H]([N+](=O)[O-])[C@@H](c3ccccc3)C=C[C@@H]2c2ccccc2)cc1OC. The lowest BCUT2D eigenvalue weighted by Crippen LogP contribution is -2.38. The van der Waals surface area contributed by atoms with Gasteiger partial charge in [-0.3, -0.25) is 10.1 Å². The van der Waals surface area contributed by atoms with Gasteiger partial charge in [0.15, 0.2) is 11.5 Å². The zero-order valence-electron chi connectivity index (χ0n) is 17.5. The predicted octanol–water partition coefficient (Wildman–Crippen LogP) is 5.57. The van der Waals surface area contributed by atoms with Gasteiger partial charge in [0.05, 0.1) is 26.1 Å². The van der Waals surface area contributed by atoms with E-state index in [1.54, 1.807) is 14.2 Å². The van der Waals surface area contributed by atoms with Crippen molar-refractivity contribution in [3.05, 3.63) is 118 Å². The van der Waals surface area contributed by atoms with Crippen LogP contribution in [0.5, 0.6) is 11.5 Å². The molecule has 3 aromatic carbocycles. The predicted molar refractivity (Wildman–Crippen MR) is 121 cm³/mol. The molecular formula is C26H25NO4. The van der Waals surface area contributed by atoms with Crippen molar-refractivity contribution in [3.8, 4) is 11.5 Å². The van der Waals surface area contributed by atoms with Crippen LogP contribution in [0.4, 0.5) is 0 Å². The molecule has 0 aromatic heterocycles. The zero-order chi connectivity index (χ0) is 21.8. The largest absolute Gasteiger partial charge is 0.493 e. The average Bonchev–Trinajstić information content (AvgIpc) is 2.83. The van der Waals surface area contributed by atoms with Gasteiger partial charge in [-0.25, -0.2) is 0 Å². The molecule has 5 heteroatoms. The average molecular weight is 415 g/mol. The molecule has 0 N–H and O–H groups in total. The molecule has 3 aromatic rings. The number of ether oxygens (including phenoxy) is 2. The fraction of sp³-hybridized carbons (Fsp3) is 0.231. The van der Waals surface area contributed by atoms with Gasteiger partial charge in [0.25, 0.3) is 0 Å². The smallest absolute Gasteiger partial charge is 0.230 e. The van der Waals surface area contributed by atoms with E-state index in [-0.39, 0.29) is 22.7 Å². The third-order valence-corrected chi connectivity index (χ3v) is 6.05. The molecule has 0 radical (unpaired) electrons. The molecule has 1 aliphatic carbocycles. The molecule has 4 atom stereocenters. The highest BCUT2D eigenvalue weighted by Gasteiger charge is 2.46. The summed E-state index contributed by atoms with van der Waals surface area (Å²) in [4.78, 5) is 12.4. The van der Waals surface area contributed by atoms with Crippen LogP contribution in [0, 0.1) is 10.1 Å². The molecule has 4 rings (SSSR count). The normalized spacial score (nSPS) is 22.6. The number of allylic oxidation sites excluding steroid dienone is 1. The summed E-state index contributed by atoms with van der Waals surface area (Å²) >= 11 is 0. The molecule has 0 fully saturated rings. The molecule has 0 aliphatic heterocycles. The van der Waals surface area contributed by atoms with Crippen molar-refractivity contribution < 1.29 is 14.4 Å². The maximum atomic E-state index is 12.5. The minimum atomic E-state index is -0.823. The Bertz CT molecular complexity index is 1070. The van der Waals surface area contributed by atoms with Crippen molar-refractivity contribution in [2.75, 3.05) is 14.2 Å². The van der Waals surface area contributed by atoms with Gasteiger partial charge in [0, 0.05) is 10.8 Å². The molecule has 0 spiro atoms. The molecule has 0 amide bonds. The first-order valence-corrected chi connectivity index (χ1v) is 10.3. The van der Waals surface area contributed by atoms with Crippen molar-refractivity contribution in [1.29, 1.82) is 0 Å². The summed E-state index contributed by atoms with van der Waals surface area (Å²) in [5.74, 6) is 0.349. The zero-order valence-corrected chi connectivity index (χ0v) is 17.5. The Hall–Kier alpha value is -3.60. The Kier molecular flexibility index (Phi) is 6.03. The summed E-state index contributed by atoms with van der Waals surface area (Å²) in [7, 11) is 3.16. The standard InChI is InChI=1S/C26H25NO4/c1-30-23-16-13-20(17-24(23)31-2)25-21(18-9-5-3-6-10-18)14-15-22(26(25)27(28)29)19-11-7-4-8-12-19/h3-17,21-22,25-26H,1-2H3/t21-,22-,25+,26+/m1/s1.